The standard InChI is InChI=1S/C18H16N2O6Si/c1-11(21)24-27(25-12(2)22,26-13(3)23)16-10-14-6-4-8-19-17(14)18-15(16)7-5-9-20-18/h4-10H,1-3H3. The van der Waals surface area contributed by atoms with Gasteiger partial charge in [-0.3, -0.25) is 24.4 Å². The van der Waals surface area contributed by atoms with Crippen LogP contribution >= 0.6 is 0 Å². The molecule has 0 radical (unpaired) electrons. The van der Waals surface area contributed by atoms with Crippen molar-refractivity contribution in [2.75, 3.05) is 0 Å². The molecule has 0 fully saturated rings. The highest BCUT2D eigenvalue weighted by Gasteiger charge is 2.56. The SMILES string of the molecule is CC(=O)O[Si](OC(C)=O)(OC(C)=O)c1cc2cccnc2c2ncccc12. The van der Waals surface area contributed by atoms with Crippen LogP contribution in [0.15, 0.2) is 42.7 Å². The first-order chi connectivity index (χ1) is 12.8. The van der Waals surface area contributed by atoms with Gasteiger partial charge in [-0.15, -0.1) is 0 Å². The van der Waals surface area contributed by atoms with Gasteiger partial charge in [-0.1, -0.05) is 12.1 Å². The fraction of sp³-hybridized carbons (Fsp3) is 0.167. The second-order valence-electron chi connectivity index (χ2n) is 5.74. The summed E-state index contributed by atoms with van der Waals surface area (Å²) >= 11 is 0. The minimum atomic E-state index is -4.26. The lowest BCUT2D eigenvalue weighted by molar-refractivity contribution is -0.146. The highest BCUT2D eigenvalue weighted by molar-refractivity contribution is 6.81. The monoisotopic (exact) mass is 384 g/mol. The Bertz CT molecular complexity index is 1030. The third kappa shape index (κ3) is 3.63. The van der Waals surface area contributed by atoms with Gasteiger partial charge in [0.25, 0.3) is 17.9 Å². The van der Waals surface area contributed by atoms with Gasteiger partial charge in [0, 0.05) is 43.9 Å². The molecule has 0 bridgehead atoms. The molecule has 0 saturated heterocycles. The van der Waals surface area contributed by atoms with Crippen LogP contribution in [-0.2, 0) is 27.7 Å². The number of hydrogen-bond acceptors (Lipinski definition) is 8. The zero-order valence-electron chi connectivity index (χ0n) is 14.9. The fourth-order valence-corrected chi connectivity index (χ4v) is 5.28. The van der Waals surface area contributed by atoms with Crippen molar-refractivity contribution in [3.63, 3.8) is 0 Å². The smallest absolute Gasteiger partial charge is 0.452 e. The van der Waals surface area contributed by atoms with Crippen molar-refractivity contribution in [3.05, 3.63) is 42.7 Å². The van der Waals surface area contributed by atoms with Gasteiger partial charge in [0.05, 0.1) is 16.2 Å². The normalized spacial score (nSPS) is 11.2. The third-order valence-electron chi connectivity index (χ3n) is 3.63. The average molecular weight is 384 g/mol. The maximum atomic E-state index is 11.8. The van der Waals surface area contributed by atoms with Crippen LogP contribution in [0.1, 0.15) is 20.8 Å². The molecule has 27 heavy (non-hydrogen) atoms. The maximum absolute atomic E-state index is 11.8. The lowest BCUT2D eigenvalue weighted by Crippen LogP contribution is -2.59. The van der Waals surface area contributed by atoms with Gasteiger partial charge in [0.2, 0.25) is 0 Å². The van der Waals surface area contributed by atoms with Crippen LogP contribution < -0.4 is 5.19 Å². The van der Waals surface area contributed by atoms with Crippen LogP contribution in [-0.4, -0.2) is 36.7 Å². The van der Waals surface area contributed by atoms with E-state index in [9.17, 15) is 14.4 Å². The van der Waals surface area contributed by atoms with E-state index in [1.807, 2.05) is 0 Å². The van der Waals surface area contributed by atoms with E-state index in [1.165, 1.54) is 0 Å². The molecule has 138 valence electrons. The van der Waals surface area contributed by atoms with Crippen LogP contribution in [0.2, 0.25) is 0 Å². The van der Waals surface area contributed by atoms with E-state index in [0.29, 0.717) is 21.8 Å². The zero-order chi connectivity index (χ0) is 19.6. The molecule has 0 aliphatic rings. The molecule has 0 spiro atoms. The molecule has 0 amide bonds. The minimum absolute atomic E-state index is 0.284. The molecule has 2 aromatic heterocycles. The van der Waals surface area contributed by atoms with Gasteiger partial charge >= 0.3 is 8.80 Å². The van der Waals surface area contributed by atoms with E-state index in [4.69, 9.17) is 13.3 Å². The molecule has 8 nitrogen and oxygen atoms in total. The summed E-state index contributed by atoms with van der Waals surface area (Å²) in [4.78, 5) is 44.1. The van der Waals surface area contributed by atoms with Crippen LogP contribution in [0.4, 0.5) is 0 Å². The summed E-state index contributed by atoms with van der Waals surface area (Å²) in [5.74, 6) is -2.23. The van der Waals surface area contributed by atoms with Gasteiger partial charge < -0.3 is 13.3 Å². The molecular weight excluding hydrogens is 368 g/mol. The number of benzene rings is 1. The molecule has 0 saturated carbocycles. The largest absolute Gasteiger partial charge is 0.743 e. The Morgan fingerprint density at radius 3 is 1.89 bits per heavy atom. The molecule has 0 aliphatic carbocycles. The van der Waals surface area contributed by atoms with E-state index in [0.717, 1.165) is 20.8 Å². The molecule has 1 aromatic carbocycles. The second kappa shape index (κ2) is 7.12. The Labute approximate surface area is 155 Å². The van der Waals surface area contributed by atoms with E-state index in [-0.39, 0.29) is 5.19 Å². The number of aromatic nitrogens is 2. The van der Waals surface area contributed by atoms with E-state index >= 15 is 0 Å². The summed E-state index contributed by atoms with van der Waals surface area (Å²) in [6.07, 6.45) is 3.22. The first kappa shape index (κ1) is 18.5. The molecule has 0 unspecified atom stereocenters. The van der Waals surface area contributed by atoms with Gasteiger partial charge in [-0.05, 0) is 18.2 Å². The Hall–Kier alpha value is -3.33. The van der Waals surface area contributed by atoms with Crippen molar-refractivity contribution in [2.45, 2.75) is 20.8 Å². The highest BCUT2D eigenvalue weighted by Crippen LogP contribution is 2.24. The lowest BCUT2D eigenvalue weighted by atomic mass is 10.1. The van der Waals surface area contributed by atoms with Crippen LogP contribution in [0.5, 0.6) is 0 Å². The van der Waals surface area contributed by atoms with Crippen LogP contribution in [0.3, 0.4) is 0 Å². The summed E-state index contributed by atoms with van der Waals surface area (Å²) in [6.45, 7) is 3.45. The zero-order valence-corrected chi connectivity index (χ0v) is 15.9. The first-order valence-electron chi connectivity index (χ1n) is 8.04. The van der Waals surface area contributed by atoms with E-state index in [1.54, 1.807) is 42.7 Å². The Morgan fingerprint density at radius 1 is 0.815 bits per heavy atom. The molecule has 0 atom stereocenters. The Morgan fingerprint density at radius 2 is 1.33 bits per heavy atom. The lowest BCUT2D eigenvalue weighted by Gasteiger charge is -2.27. The van der Waals surface area contributed by atoms with Crippen LogP contribution in [0, 0.1) is 0 Å². The molecule has 0 aliphatic heterocycles. The minimum Gasteiger partial charge on any atom is -0.452 e. The Kier molecular flexibility index (Phi) is 4.87. The summed E-state index contributed by atoms with van der Waals surface area (Å²) in [6, 6.07) is 8.55. The molecule has 2 heterocycles. The summed E-state index contributed by atoms with van der Waals surface area (Å²) in [5.41, 5.74) is 1.13. The third-order valence-corrected chi connectivity index (χ3v) is 6.37. The average Bonchev–Trinajstić information content (AvgIpc) is 2.59. The molecule has 9 heteroatoms. The molecule has 3 rings (SSSR count). The fourth-order valence-electron chi connectivity index (χ4n) is 2.83. The number of nitrogens with zero attached hydrogens (tertiary/aromatic N) is 2. The van der Waals surface area contributed by atoms with Crippen molar-refractivity contribution in [2.24, 2.45) is 0 Å². The van der Waals surface area contributed by atoms with Crippen molar-refractivity contribution in [1.82, 2.24) is 9.97 Å². The first-order valence-corrected chi connectivity index (χ1v) is 9.76. The number of hydrogen-bond donors (Lipinski definition) is 0. The summed E-state index contributed by atoms with van der Waals surface area (Å²) < 4.78 is 16.1. The van der Waals surface area contributed by atoms with Gasteiger partial charge in [0.15, 0.2) is 0 Å². The van der Waals surface area contributed by atoms with Crippen LogP contribution in [0.25, 0.3) is 21.8 Å². The predicted molar refractivity (Wildman–Crippen MR) is 97.7 cm³/mol. The summed E-state index contributed by atoms with van der Waals surface area (Å²) in [5, 5.41) is 1.47. The topological polar surface area (TPSA) is 105 Å². The molecule has 0 N–H and O–H groups in total. The van der Waals surface area contributed by atoms with Gasteiger partial charge in [-0.25, -0.2) is 0 Å². The van der Waals surface area contributed by atoms with Gasteiger partial charge in [0.1, 0.15) is 0 Å². The number of carbonyl (C=O) groups excluding carboxylic acids is 3. The van der Waals surface area contributed by atoms with Crippen molar-refractivity contribution in [1.29, 1.82) is 0 Å². The number of fused-ring (bicyclic) bond motifs is 3. The molecule has 3 aromatic rings. The van der Waals surface area contributed by atoms with Gasteiger partial charge in [-0.2, -0.15) is 0 Å². The van der Waals surface area contributed by atoms with Crippen molar-refractivity contribution in [3.8, 4) is 0 Å². The maximum Gasteiger partial charge on any atom is 0.743 e. The van der Waals surface area contributed by atoms with E-state index in [2.05, 4.69) is 9.97 Å². The number of rotatable bonds is 4. The summed E-state index contributed by atoms with van der Waals surface area (Å²) in [7, 11) is -4.26. The number of carbonyl (C=O) groups is 3. The quantitative estimate of drug-likeness (QED) is 0.494. The highest BCUT2D eigenvalue weighted by atomic mass is 28.4. The molecular formula is C18H16N2O6Si. The predicted octanol–water partition coefficient (Wildman–Crippen LogP) is 1.62. The van der Waals surface area contributed by atoms with Crippen molar-refractivity contribution < 1.29 is 27.7 Å². The Balaban J connectivity index is 2.41. The second-order valence-corrected chi connectivity index (χ2v) is 8.00. The van der Waals surface area contributed by atoms with Crippen molar-refractivity contribution >= 4 is 53.7 Å². The van der Waals surface area contributed by atoms with E-state index < -0.39 is 26.7 Å². The number of pyridine rings is 2.